The molecule has 1 aliphatic carbocycles. The topological polar surface area (TPSA) is 144 Å². The Balaban J connectivity index is 1.52. The highest BCUT2D eigenvalue weighted by molar-refractivity contribution is 5.98. The molecule has 8 heteroatoms. The molecule has 2 aromatic carbocycles. The van der Waals surface area contributed by atoms with Crippen LogP contribution in [0.25, 0.3) is 0 Å². The van der Waals surface area contributed by atoms with Gasteiger partial charge in [0.25, 0.3) is 0 Å². The molecule has 0 saturated heterocycles. The predicted molar refractivity (Wildman–Crippen MR) is 113 cm³/mol. The van der Waals surface area contributed by atoms with Crippen LogP contribution in [0.5, 0.6) is 0 Å². The number of hydrogen-bond donors (Lipinski definition) is 4. The van der Waals surface area contributed by atoms with Crippen molar-refractivity contribution >= 4 is 35.0 Å². The van der Waals surface area contributed by atoms with Gasteiger partial charge in [0, 0.05) is 34.3 Å². The number of carbonyl (C=O) groups excluding carboxylic acids is 4. The summed E-state index contributed by atoms with van der Waals surface area (Å²) in [5.74, 6) is -1.79. The third-order valence-corrected chi connectivity index (χ3v) is 5.30. The van der Waals surface area contributed by atoms with Crippen molar-refractivity contribution in [3.8, 4) is 0 Å². The Kier molecular flexibility index (Phi) is 6.46. The fourth-order valence-corrected chi connectivity index (χ4v) is 3.61. The second kappa shape index (κ2) is 9.21. The molecular weight excluding hydrogens is 384 g/mol. The lowest BCUT2D eigenvalue weighted by atomic mass is 9.81. The van der Waals surface area contributed by atoms with Crippen LogP contribution in [-0.2, 0) is 9.59 Å². The first kappa shape index (κ1) is 21.0. The first-order chi connectivity index (χ1) is 14.3. The van der Waals surface area contributed by atoms with Gasteiger partial charge in [0.15, 0.2) is 0 Å². The quantitative estimate of drug-likeness (QED) is 0.581. The van der Waals surface area contributed by atoms with E-state index >= 15 is 0 Å². The van der Waals surface area contributed by atoms with Gasteiger partial charge < -0.3 is 22.1 Å². The molecule has 0 atom stereocenters. The van der Waals surface area contributed by atoms with Gasteiger partial charge in [-0.1, -0.05) is 12.1 Å². The first-order valence-corrected chi connectivity index (χ1v) is 9.75. The van der Waals surface area contributed by atoms with E-state index < -0.39 is 11.8 Å². The number of hydrogen-bond acceptors (Lipinski definition) is 4. The van der Waals surface area contributed by atoms with Gasteiger partial charge in [-0.25, -0.2) is 0 Å². The molecule has 0 unspecified atom stereocenters. The van der Waals surface area contributed by atoms with Crippen LogP contribution < -0.4 is 22.1 Å². The Hall–Kier alpha value is -3.68. The van der Waals surface area contributed by atoms with Crippen LogP contribution in [-0.4, -0.2) is 23.6 Å². The van der Waals surface area contributed by atoms with Gasteiger partial charge in [0.05, 0.1) is 0 Å². The highest BCUT2D eigenvalue weighted by atomic mass is 16.2. The Morgan fingerprint density at radius 2 is 1.03 bits per heavy atom. The van der Waals surface area contributed by atoms with E-state index in [9.17, 15) is 19.2 Å². The van der Waals surface area contributed by atoms with Gasteiger partial charge in [-0.2, -0.15) is 0 Å². The van der Waals surface area contributed by atoms with E-state index in [4.69, 9.17) is 11.5 Å². The lowest BCUT2D eigenvalue weighted by Crippen LogP contribution is -2.32. The standard InChI is InChI=1S/C22H24N4O4/c23-19(27)15-3-1-5-17(11-15)25-21(29)13-7-9-14(10-8-13)22(30)26-18-6-2-4-16(12-18)20(24)28/h1-6,11-14H,7-10H2,(H2,23,27)(H2,24,28)(H,25,29)(H,26,30). The predicted octanol–water partition coefficient (Wildman–Crippen LogP) is 2.27. The van der Waals surface area contributed by atoms with E-state index in [-0.39, 0.29) is 23.7 Å². The van der Waals surface area contributed by atoms with Crippen LogP contribution >= 0.6 is 0 Å². The maximum absolute atomic E-state index is 12.5. The van der Waals surface area contributed by atoms with Crippen LogP contribution in [0.15, 0.2) is 48.5 Å². The molecule has 1 aliphatic rings. The van der Waals surface area contributed by atoms with E-state index in [2.05, 4.69) is 10.6 Å². The number of rotatable bonds is 6. The number of benzene rings is 2. The largest absolute Gasteiger partial charge is 0.366 e. The Bertz CT molecular complexity index is 901. The summed E-state index contributed by atoms with van der Waals surface area (Å²) in [6.45, 7) is 0. The molecule has 0 bridgehead atoms. The molecule has 2 aromatic rings. The van der Waals surface area contributed by atoms with Crippen molar-refractivity contribution in [1.29, 1.82) is 0 Å². The molecule has 0 radical (unpaired) electrons. The zero-order valence-corrected chi connectivity index (χ0v) is 16.4. The lowest BCUT2D eigenvalue weighted by molar-refractivity contribution is -0.125. The number of carbonyl (C=O) groups is 4. The third kappa shape index (κ3) is 5.22. The summed E-state index contributed by atoms with van der Waals surface area (Å²) in [6, 6.07) is 13.0. The first-order valence-electron chi connectivity index (χ1n) is 9.75. The number of amides is 4. The van der Waals surface area contributed by atoms with Crippen LogP contribution in [0.2, 0.25) is 0 Å². The lowest BCUT2D eigenvalue weighted by Gasteiger charge is -2.27. The molecule has 1 fully saturated rings. The van der Waals surface area contributed by atoms with Crippen LogP contribution in [0.1, 0.15) is 46.4 Å². The number of anilines is 2. The van der Waals surface area contributed by atoms with Crippen molar-refractivity contribution in [2.75, 3.05) is 10.6 Å². The van der Waals surface area contributed by atoms with Gasteiger partial charge in [0.1, 0.15) is 0 Å². The van der Waals surface area contributed by atoms with Gasteiger partial charge in [0.2, 0.25) is 23.6 Å². The minimum atomic E-state index is -0.556. The molecule has 4 amide bonds. The average Bonchev–Trinajstić information content (AvgIpc) is 2.74. The van der Waals surface area contributed by atoms with Crippen molar-refractivity contribution in [2.24, 2.45) is 23.3 Å². The summed E-state index contributed by atoms with van der Waals surface area (Å²) in [7, 11) is 0. The summed E-state index contributed by atoms with van der Waals surface area (Å²) in [5, 5.41) is 5.63. The SMILES string of the molecule is NC(=O)c1cccc(NC(=O)C2CCC(C(=O)Nc3cccc(C(N)=O)c3)CC2)c1. The highest BCUT2D eigenvalue weighted by Crippen LogP contribution is 2.30. The van der Waals surface area contributed by atoms with Crippen LogP contribution in [0.4, 0.5) is 11.4 Å². The molecule has 156 valence electrons. The van der Waals surface area contributed by atoms with Gasteiger partial charge >= 0.3 is 0 Å². The Morgan fingerprint density at radius 1 is 0.667 bits per heavy atom. The Labute approximate surface area is 174 Å². The monoisotopic (exact) mass is 408 g/mol. The summed E-state index contributed by atoms with van der Waals surface area (Å²) in [5.41, 5.74) is 12.2. The van der Waals surface area contributed by atoms with Crippen LogP contribution in [0, 0.1) is 11.8 Å². The number of primary amides is 2. The van der Waals surface area contributed by atoms with E-state index in [1.54, 1.807) is 48.5 Å². The second-order valence-electron chi connectivity index (χ2n) is 7.42. The molecule has 0 aliphatic heterocycles. The third-order valence-electron chi connectivity index (χ3n) is 5.30. The zero-order valence-electron chi connectivity index (χ0n) is 16.4. The molecular formula is C22H24N4O4. The van der Waals surface area contributed by atoms with Crippen molar-refractivity contribution in [3.63, 3.8) is 0 Å². The highest BCUT2D eigenvalue weighted by Gasteiger charge is 2.30. The zero-order chi connectivity index (χ0) is 21.7. The molecule has 1 saturated carbocycles. The van der Waals surface area contributed by atoms with E-state index in [0.29, 0.717) is 48.2 Å². The fraction of sp³-hybridized carbons (Fsp3) is 0.273. The van der Waals surface area contributed by atoms with Gasteiger partial charge in [-0.3, -0.25) is 19.2 Å². The van der Waals surface area contributed by atoms with Crippen molar-refractivity contribution in [1.82, 2.24) is 0 Å². The van der Waals surface area contributed by atoms with E-state index in [1.165, 1.54) is 0 Å². The second-order valence-corrected chi connectivity index (χ2v) is 7.42. The van der Waals surface area contributed by atoms with Crippen molar-refractivity contribution < 1.29 is 19.2 Å². The van der Waals surface area contributed by atoms with Crippen LogP contribution in [0.3, 0.4) is 0 Å². The molecule has 0 spiro atoms. The number of nitrogens with two attached hydrogens (primary N) is 2. The minimum Gasteiger partial charge on any atom is -0.366 e. The van der Waals surface area contributed by atoms with E-state index in [0.717, 1.165) is 0 Å². The summed E-state index contributed by atoms with van der Waals surface area (Å²) >= 11 is 0. The summed E-state index contributed by atoms with van der Waals surface area (Å²) in [4.78, 5) is 47.6. The summed E-state index contributed by atoms with van der Waals surface area (Å²) in [6.07, 6.45) is 2.34. The Morgan fingerprint density at radius 3 is 1.37 bits per heavy atom. The molecule has 8 nitrogen and oxygen atoms in total. The molecule has 0 aromatic heterocycles. The maximum Gasteiger partial charge on any atom is 0.248 e. The molecule has 3 rings (SSSR count). The smallest absolute Gasteiger partial charge is 0.248 e. The molecule has 6 N–H and O–H groups in total. The number of nitrogens with one attached hydrogen (secondary N) is 2. The average molecular weight is 408 g/mol. The fourth-order valence-electron chi connectivity index (χ4n) is 3.61. The van der Waals surface area contributed by atoms with Crippen molar-refractivity contribution in [2.45, 2.75) is 25.7 Å². The van der Waals surface area contributed by atoms with E-state index in [1.807, 2.05) is 0 Å². The normalized spacial score (nSPS) is 18.3. The van der Waals surface area contributed by atoms with Crippen molar-refractivity contribution in [3.05, 3.63) is 59.7 Å². The minimum absolute atomic E-state index is 0.135. The molecule has 30 heavy (non-hydrogen) atoms. The maximum atomic E-state index is 12.5. The molecule has 0 heterocycles. The van der Waals surface area contributed by atoms with Gasteiger partial charge in [-0.05, 0) is 62.1 Å². The summed E-state index contributed by atoms with van der Waals surface area (Å²) < 4.78 is 0. The van der Waals surface area contributed by atoms with Gasteiger partial charge in [-0.15, -0.1) is 0 Å².